The van der Waals surface area contributed by atoms with Crippen molar-refractivity contribution >= 4 is 8.80 Å². The van der Waals surface area contributed by atoms with Crippen LogP contribution in [-0.4, -0.2) is 46.3 Å². The zero-order valence-electron chi connectivity index (χ0n) is 11.3. The van der Waals surface area contributed by atoms with Crippen LogP contribution in [0.5, 0.6) is 0 Å². The van der Waals surface area contributed by atoms with E-state index in [1.54, 1.807) is 0 Å². The van der Waals surface area contributed by atoms with E-state index in [9.17, 15) is 22.0 Å². The van der Waals surface area contributed by atoms with Crippen molar-refractivity contribution in [2.24, 2.45) is 0 Å². The Bertz CT molecular complexity index is 259. The predicted molar refractivity (Wildman–Crippen MR) is 61.1 cm³/mol. The van der Waals surface area contributed by atoms with Gasteiger partial charge in [-0.25, -0.2) is 4.39 Å². The fourth-order valence-corrected chi connectivity index (χ4v) is 3.96. The zero-order chi connectivity index (χ0) is 15.3. The zero-order valence-corrected chi connectivity index (χ0v) is 12.3. The van der Waals surface area contributed by atoms with Crippen LogP contribution in [0.15, 0.2) is 0 Å². The highest BCUT2D eigenvalue weighted by Crippen LogP contribution is 2.45. The molecule has 0 saturated heterocycles. The fourth-order valence-electron chi connectivity index (χ4n) is 1.42. The van der Waals surface area contributed by atoms with E-state index >= 15 is 0 Å². The molecule has 0 aliphatic carbocycles. The third-order valence-corrected chi connectivity index (χ3v) is 5.41. The predicted octanol–water partition coefficient (Wildman–Crippen LogP) is 3.20. The van der Waals surface area contributed by atoms with Crippen molar-refractivity contribution in [1.29, 1.82) is 0 Å². The van der Waals surface area contributed by atoms with Gasteiger partial charge in [0.2, 0.25) is 0 Å². The molecule has 0 heterocycles. The topological polar surface area (TPSA) is 27.7 Å². The van der Waals surface area contributed by atoms with E-state index in [2.05, 4.69) is 0 Å². The summed E-state index contributed by atoms with van der Waals surface area (Å²) < 4.78 is 82.0. The Morgan fingerprint density at radius 1 is 0.895 bits per heavy atom. The quantitative estimate of drug-likeness (QED) is 0.483. The second kappa shape index (κ2) is 6.96. The SMILES string of the molecule is CCO[Si](OCC)(OCC)C(F)(F)C(F)(F)C(C)F. The average Bonchev–Trinajstić information content (AvgIpc) is 2.29. The molecule has 0 spiro atoms. The van der Waals surface area contributed by atoms with E-state index in [1.165, 1.54) is 20.8 Å². The highest BCUT2D eigenvalue weighted by atomic mass is 28.4. The van der Waals surface area contributed by atoms with Gasteiger partial charge in [-0.2, -0.15) is 17.6 Å². The third kappa shape index (κ3) is 3.44. The van der Waals surface area contributed by atoms with Crippen molar-refractivity contribution in [2.75, 3.05) is 19.8 Å². The Hall–Kier alpha value is -0.253. The Kier molecular flexibility index (Phi) is 6.86. The highest BCUT2D eigenvalue weighted by molar-refractivity contribution is 6.63. The van der Waals surface area contributed by atoms with E-state index in [4.69, 9.17) is 13.3 Å². The lowest BCUT2D eigenvalue weighted by Crippen LogP contribution is -2.69. The molecule has 116 valence electrons. The first kappa shape index (κ1) is 18.7. The molecule has 9 heteroatoms. The minimum absolute atomic E-state index is 0.307. The van der Waals surface area contributed by atoms with E-state index in [0.29, 0.717) is 6.92 Å². The average molecular weight is 310 g/mol. The fraction of sp³-hybridized carbons (Fsp3) is 1.00. The van der Waals surface area contributed by atoms with Gasteiger partial charge >= 0.3 is 20.3 Å². The second-order valence-electron chi connectivity index (χ2n) is 3.67. The molecule has 1 unspecified atom stereocenters. The Morgan fingerprint density at radius 2 is 1.21 bits per heavy atom. The summed E-state index contributed by atoms with van der Waals surface area (Å²) in [4.78, 5) is 0. The summed E-state index contributed by atoms with van der Waals surface area (Å²) in [5, 5.41) is 0. The van der Waals surface area contributed by atoms with Crippen LogP contribution in [0.4, 0.5) is 22.0 Å². The lowest BCUT2D eigenvalue weighted by Gasteiger charge is -2.38. The molecule has 0 bridgehead atoms. The van der Waals surface area contributed by atoms with Gasteiger partial charge in [-0.3, -0.25) is 0 Å². The smallest absolute Gasteiger partial charge is 0.370 e. The molecule has 0 rings (SSSR count). The summed E-state index contributed by atoms with van der Waals surface area (Å²) in [6.45, 7) is 3.46. The molecule has 0 aromatic carbocycles. The van der Waals surface area contributed by atoms with Crippen LogP contribution in [0.1, 0.15) is 27.7 Å². The molecule has 0 aromatic heterocycles. The van der Waals surface area contributed by atoms with E-state index < -0.39 is 26.4 Å². The molecule has 0 N–H and O–H groups in total. The normalized spacial score (nSPS) is 15.6. The van der Waals surface area contributed by atoms with Crippen molar-refractivity contribution in [3.8, 4) is 0 Å². The first-order valence-corrected chi connectivity index (χ1v) is 7.66. The summed E-state index contributed by atoms with van der Waals surface area (Å²) in [6.07, 6.45) is -3.06. The number of halogens is 5. The van der Waals surface area contributed by atoms with Crippen LogP contribution in [0.25, 0.3) is 0 Å². The van der Waals surface area contributed by atoms with Gasteiger partial charge in [0.15, 0.2) is 6.17 Å². The Morgan fingerprint density at radius 3 is 1.42 bits per heavy atom. The summed E-state index contributed by atoms with van der Waals surface area (Å²) in [5.41, 5.74) is -4.85. The maximum absolute atomic E-state index is 14.0. The number of alkyl halides is 5. The van der Waals surface area contributed by atoms with Gasteiger partial charge in [0.05, 0.1) is 0 Å². The van der Waals surface area contributed by atoms with Crippen LogP contribution < -0.4 is 0 Å². The van der Waals surface area contributed by atoms with Gasteiger partial charge in [0.1, 0.15) is 0 Å². The molecule has 3 nitrogen and oxygen atoms in total. The highest BCUT2D eigenvalue weighted by Gasteiger charge is 2.78. The van der Waals surface area contributed by atoms with Gasteiger partial charge in [0, 0.05) is 19.8 Å². The third-order valence-electron chi connectivity index (χ3n) is 2.31. The van der Waals surface area contributed by atoms with Crippen molar-refractivity contribution < 1.29 is 35.2 Å². The lowest BCUT2D eigenvalue weighted by molar-refractivity contribution is -0.225. The van der Waals surface area contributed by atoms with Crippen molar-refractivity contribution in [2.45, 2.75) is 45.3 Å². The van der Waals surface area contributed by atoms with E-state index in [-0.39, 0.29) is 19.8 Å². The lowest BCUT2D eigenvalue weighted by atomic mass is 10.2. The van der Waals surface area contributed by atoms with Crippen molar-refractivity contribution in [1.82, 2.24) is 0 Å². The van der Waals surface area contributed by atoms with Crippen molar-refractivity contribution in [3.05, 3.63) is 0 Å². The maximum atomic E-state index is 14.0. The Labute approximate surface area is 110 Å². The molecule has 0 radical (unpaired) electrons. The standard InChI is InChI=1S/C10H19F5O3Si/c1-5-16-19(17-6-2,18-7-3)10(14,15)9(12,13)8(4)11/h8H,5-7H2,1-4H3. The van der Waals surface area contributed by atoms with Crippen LogP contribution in [0, 0.1) is 0 Å². The van der Waals surface area contributed by atoms with Crippen LogP contribution in [-0.2, 0) is 13.3 Å². The van der Waals surface area contributed by atoms with E-state index in [1.807, 2.05) is 0 Å². The van der Waals surface area contributed by atoms with Crippen LogP contribution >= 0.6 is 0 Å². The second-order valence-corrected chi connectivity index (χ2v) is 6.27. The summed E-state index contributed by atoms with van der Waals surface area (Å²) >= 11 is 0. The van der Waals surface area contributed by atoms with Gasteiger partial charge in [-0.15, -0.1) is 0 Å². The number of rotatable bonds is 9. The van der Waals surface area contributed by atoms with Crippen LogP contribution in [0.3, 0.4) is 0 Å². The molecule has 0 aliphatic rings. The molecule has 1 atom stereocenters. The monoisotopic (exact) mass is 310 g/mol. The molecular weight excluding hydrogens is 291 g/mol. The number of hydrogen-bond donors (Lipinski definition) is 0. The molecule has 0 fully saturated rings. The van der Waals surface area contributed by atoms with Gasteiger partial charge in [-0.1, -0.05) is 0 Å². The first-order valence-electron chi connectivity index (χ1n) is 5.94. The van der Waals surface area contributed by atoms with Crippen LogP contribution in [0.2, 0.25) is 0 Å². The molecule has 19 heavy (non-hydrogen) atoms. The largest absolute Gasteiger partial charge is 0.582 e. The van der Waals surface area contributed by atoms with E-state index in [0.717, 1.165) is 0 Å². The summed E-state index contributed by atoms with van der Waals surface area (Å²) in [6, 6.07) is 0. The molecular formula is C10H19F5O3Si. The van der Waals surface area contributed by atoms with Gasteiger partial charge in [0.25, 0.3) is 0 Å². The Balaban J connectivity index is 5.66. The minimum atomic E-state index is -5.04. The maximum Gasteiger partial charge on any atom is 0.582 e. The van der Waals surface area contributed by atoms with Gasteiger partial charge in [-0.05, 0) is 27.7 Å². The van der Waals surface area contributed by atoms with Gasteiger partial charge < -0.3 is 13.3 Å². The summed E-state index contributed by atoms with van der Waals surface area (Å²) in [5.74, 6) is -4.93. The summed E-state index contributed by atoms with van der Waals surface area (Å²) in [7, 11) is -5.04. The van der Waals surface area contributed by atoms with Crippen molar-refractivity contribution in [3.63, 3.8) is 0 Å². The molecule has 0 aromatic rings. The molecule has 0 aliphatic heterocycles. The molecule has 0 amide bonds. The number of hydrogen-bond acceptors (Lipinski definition) is 3. The minimum Gasteiger partial charge on any atom is -0.370 e. The first-order chi connectivity index (χ1) is 8.63. The molecule has 0 saturated carbocycles.